The van der Waals surface area contributed by atoms with E-state index in [1.165, 1.54) is 0 Å². The Kier molecular flexibility index (Phi) is 2.29. The Morgan fingerprint density at radius 3 is 3.00 bits per heavy atom. The Balaban J connectivity index is 1.95. The number of nitrogens with two attached hydrogens (primary N) is 1. The molecule has 1 aliphatic rings. The molecule has 1 unspecified atom stereocenters. The first-order chi connectivity index (χ1) is 8.28. The summed E-state index contributed by atoms with van der Waals surface area (Å²) in [5.41, 5.74) is 8.04. The largest absolute Gasteiger partial charge is 0.330 e. The smallest absolute Gasteiger partial charge is 0.227 e. The molecule has 3 N–H and O–H groups in total. The highest BCUT2D eigenvalue weighted by Gasteiger charge is 2.29. The van der Waals surface area contributed by atoms with E-state index in [-0.39, 0.29) is 11.8 Å². The van der Waals surface area contributed by atoms with Gasteiger partial charge in [-0.2, -0.15) is 15.4 Å². The third-order valence-corrected chi connectivity index (χ3v) is 3.15. The van der Waals surface area contributed by atoms with Crippen LogP contribution in [0.2, 0.25) is 0 Å². The van der Waals surface area contributed by atoms with Gasteiger partial charge in [0.1, 0.15) is 11.0 Å². The minimum atomic E-state index is 0.128. The van der Waals surface area contributed by atoms with E-state index in [0.29, 0.717) is 19.5 Å². The molecule has 1 saturated heterocycles. The van der Waals surface area contributed by atoms with E-state index >= 15 is 0 Å². The van der Waals surface area contributed by atoms with Gasteiger partial charge in [0.05, 0.1) is 0 Å². The number of benzene rings is 1. The molecule has 0 saturated carbocycles. The zero-order valence-electron chi connectivity index (χ0n) is 9.26. The molecular formula is C11H13N5O. The van der Waals surface area contributed by atoms with Crippen molar-refractivity contribution in [2.24, 2.45) is 11.7 Å². The number of carbonyl (C=O) groups is 1. The fourth-order valence-corrected chi connectivity index (χ4v) is 2.19. The van der Waals surface area contributed by atoms with Crippen molar-refractivity contribution in [1.29, 1.82) is 0 Å². The summed E-state index contributed by atoms with van der Waals surface area (Å²) in [5.74, 6) is 0.388. The second-order valence-electron chi connectivity index (χ2n) is 4.31. The average Bonchev–Trinajstić information content (AvgIpc) is 2.93. The van der Waals surface area contributed by atoms with Crippen molar-refractivity contribution in [3.05, 3.63) is 18.2 Å². The van der Waals surface area contributed by atoms with Crippen molar-refractivity contribution >= 4 is 22.6 Å². The van der Waals surface area contributed by atoms with Crippen LogP contribution in [0.3, 0.4) is 0 Å². The summed E-state index contributed by atoms with van der Waals surface area (Å²) in [5, 5.41) is 10.6. The van der Waals surface area contributed by atoms with Gasteiger partial charge in [0, 0.05) is 18.7 Å². The van der Waals surface area contributed by atoms with E-state index in [1.54, 1.807) is 4.90 Å². The first-order valence-electron chi connectivity index (χ1n) is 5.59. The van der Waals surface area contributed by atoms with Gasteiger partial charge in [0.2, 0.25) is 5.91 Å². The second-order valence-corrected chi connectivity index (χ2v) is 4.31. The Bertz CT molecular complexity index is 564. The molecule has 6 nitrogen and oxygen atoms in total. The van der Waals surface area contributed by atoms with Crippen molar-refractivity contribution in [2.75, 3.05) is 18.0 Å². The Labute approximate surface area is 97.8 Å². The number of hydrogen-bond acceptors (Lipinski definition) is 4. The molecule has 2 heterocycles. The lowest BCUT2D eigenvalue weighted by Crippen LogP contribution is -2.25. The maximum Gasteiger partial charge on any atom is 0.227 e. The summed E-state index contributed by atoms with van der Waals surface area (Å²) in [7, 11) is 0. The molecule has 1 aromatic carbocycles. The Morgan fingerprint density at radius 2 is 2.24 bits per heavy atom. The van der Waals surface area contributed by atoms with Gasteiger partial charge in [0.25, 0.3) is 0 Å². The normalized spacial score (nSPS) is 20.4. The van der Waals surface area contributed by atoms with E-state index < -0.39 is 0 Å². The number of nitrogens with zero attached hydrogens (tertiary/aromatic N) is 3. The van der Waals surface area contributed by atoms with Crippen molar-refractivity contribution in [1.82, 2.24) is 15.4 Å². The van der Waals surface area contributed by atoms with Crippen molar-refractivity contribution in [3.8, 4) is 0 Å². The maximum atomic E-state index is 11.8. The molecule has 0 radical (unpaired) electrons. The third kappa shape index (κ3) is 1.66. The standard InChI is InChI=1S/C11H13N5O/c12-5-7-3-11(17)16(6-7)8-1-2-9-10(4-8)14-15-13-9/h1-2,4,7H,3,5-6,12H2,(H,13,14,15). The highest BCUT2D eigenvalue weighted by atomic mass is 16.2. The van der Waals surface area contributed by atoms with Crippen LogP contribution in [0, 0.1) is 5.92 Å². The highest BCUT2D eigenvalue weighted by molar-refractivity contribution is 5.97. The summed E-state index contributed by atoms with van der Waals surface area (Å²) in [6.07, 6.45) is 0.535. The molecule has 3 rings (SSSR count). The number of carbonyl (C=O) groups excluding carboxylic acids is 1. The molecule has 1 aliphatic heterocycles. The molecule has 0 spiro atoms. The summed E-state index contributed by atoms with van der Waals surface area (Å²) in [4.78, 5) is 13.6. The van der Waals surface area contributed by atoms with E-state index in [0.717, 1.165) is 16.7 Å². The van der Waals surface area contributed by atoms with E-state index in [4.69, 9.17) is 5.73 Å². The predicted octanol–water partition coefficient (Wildman–Crippen LogP) is 0.269. The lowest BCUT2D eigenvalue weighted by molar-refractivity contribution is -0.117. The van der Waals surface area contributed by atoms with E-state index in [1.807, 2.05) is 18.2 Å². The minimum Gasteiger partial charge on any atom is -0.330 e. The van der Waals surface area contributed by atoms with Crippen LogP contribution in [-0.4, -0.2) is 34.4 Å². The minimum absolute atomic E-state index is 0.128. The van der Waals surface area contributed by atoms with Gasteiger partial charge in [0.15, 0.2) is 0 Å². The summed E-state index contributed by atoms with van der Waals surface area (Å²) < 4.78 is 0. The highest BCUT2D eigenvalue weighted by Crippen LogP contribution is 2.26. The van der Waals surface area contributed by atoms with Crippen LogP contribution >= 0.6 is 0 Å². The van der Waals surface area contributed by atoms with Crippen molar-refractivity contribution < 1.29 is 4.79 Å². The molecular weight excluding hydrogens is 218 g/mol. The van der Waals surface area contributed by atoms with Crippen LogP contribution in [-0.2, 0) is 4.79 Å². The fourth-order valence-electron chi connectivity index (χ4n) is 2.19. The molecule has 1 amide bonds. The monoisotopic (exact) mass is 231 g/mol. The molecule has 0 bridgehead atoms. The van der Waals surface area contributed by atoms with Crippen LogP contribution in [0.25, 0.3) is 11.0 Å². The summed E-state index contributed by atoms with van der Waals surface area (Å²) >= 11 is 0. The number of H-pyrrole nitrogens is 1. The van der Waals surface area contributed by atoms with Gasteiger partial charge in [-0.15, -0.1) is 0 Å². The molecule has 0 aliphatic carbocycles. The van der Waals surface area contributed by atoms with Crippen LogP contribution < -0.4 is 10.6 Å². The van der Waals surface area contributed by atoms with Gasteiger partial charge in [-0.3, -0.25) is 4.79 Å². The second kappa shape index (κ2) is 3.81. The quantitative estimate of drug-likeness (QED) is 0.776. The predicted molar refractivity (Wildman–Crippen MR) is 63.4 cm³/mol. The first-order valence-corrected chi connectivity index (χ1v) is 5.59. The number of aromatic nitrogens is 3. The zero-order chi connectivity index (χ0) is 11.8. The number of amides is 1. The Morgan fingerprint density at radius 1 is 1.41 bits per heavy atom. The van der Waals surface area contributed by atoms with Gasteiger partial charge in [-0.25, -0.2) is 0 Å². The molecule has 88 valence electrons. The molecule has 1 atom stereocenters. The maximum absolute atomic E-state index is 11.8. The topological polar surface area (TPSA) is 87.9 Å². The first kappa shape index (κ1) is 10.2. The number of hydrogen-bond donors (Lipinski definition) is 2. The zero-order valence-corrected chi connectivity index (χ0v) is 9.26. The number of rotatable bonds is 2. The summed E-state index contributed by atoms with van der Waals surface area (Å²) in [6, 6.07) is 5.62. The van der Waals surface area contributed by atoms with Crippen LogP contribution in [0.5, 0.6) is 0 Å². The van der Waals surface area contributed by atoms with Gasteiger partial charge in [-0.1, -0.05) is 0 Å². The lowest BCUT2D eigenvalue weighted by Gasteiger charge is -2.16. The lowest BCUT2D eigenvalue weighted by atomic mass is 10.1. The SMILES string of the molecule is NCC1CC(=O)N(c2ccc3n[nH]nc3c2)C1. The van der Waals surface area contributed by atoms with Crippen LogP contribution in [0.4, 0.5) is 5.69 Å². The Hall–Kier alpha value is -1.95. The van der Waals surface area contributed by atoms with Gasteiger partial charge in [-0.05, 0) is 30.7 Å². The average molecular weight is 231 g/mol. The summed E-state index contributed by atoms with van der Waals surface area (Å²) in [6.45, 7) is 1.24. The van der Waals surface area contributed by atoms with Gasteiger partial charge < -0.3 is 10.6 Å². The van der Waals surface area contributed by atoms with Gasteiger partial charge >= 0.3 is 0 Å². The fraction of sp³-hybridized carbons (Fsp3) is 0.364. The molecule has 17 heavy (non-hydrogen) atoms. The number of anilines is 1. The number of fused-ring (bicyclic) bond motifs is 1. The number of nitrogens with one attached hydrogen (secondary N) is 1. The van der Waals surface area contributed by atoms with Crippen molar-refractivity contribution in [2.45, 2.75) is 6.42 Å². The van der Waals surface area contributed by atoms with Crippen LogP contribution in [0.15, 0.2) is 18.2 Å². The number of aromatic amines is 1. The molecule has 6 heteroatoms. The molecule has 2 aromatic rings. The molecule has 1 fully saturated rings. The van der Waals surface area contributed by atoms with Crippen molar-refractivity contribution in [3.63, 3.8) is 0 Å². The van der Waals surface area contributed by atoms with E-state index in [2.05, 4.69) is 15.4 Å². The van der Waals surface area contributed by atoms with E-state index in [9.17, 15) is 4.79 Å². The van der Waals surface area contributed by atoms with Crippen LogP contribution in [0.1, 0.15) is 6.42 Å². The third-order valence-electron chi connectivity index (χ3n) is 3.15. The molecule has 1 aromatic heterocycles.